The Kier molecular flexibility index (Phi) is 2.55. The minimum atomic E-state index is 0.222. The van der Waals surface area contributed by atoms with E-state index >= 15 is 0 Å². The topological polar surface area (TPSA) is 26.0 Å². The summed E-state index contributed by atoms with van der Waals surface area (Å²) in [6, 6.07) is 2.36. The van der Waals surface area contributed by atoms with Crippen LogP contribution in [0.15, 0.2) is 11.4 Å². The molecule has 0 fully saturated rings. The Labute approximate surface area is 72.4 Å². The fourth-order valence-electron chi connectivity index (χ4n) is 0.674. The molecule has 1 heterocycles. The van der Waals surface area contributed by atoms with Crippen molar-refractivity contribution in [1.82, 2.24) is 0 Å². The molecular weight excluding hydrogens is 237 g/mol. The molecule has 0 amide bonds. The second-order valence-corrected chi connectivity index (χ2v) is 4.47. The van der Waals surface area contributed by atoms with Gasteiger partial charge in [-0.3, -0.25) is 0 Å². The van der Waals surface area contributed by atoms with Crippen LogP contribution in [-0.2, 0) is 0 Å². The maximum atomic E-state index is 5.68. The molecule has 1 aromatic heterocycles. The third-order valence-electron chi connectivity index (χ3n) is 1.11. The predicted molar refractivity (Wildman–Crippen MR) is 42.3 cm³/mol. The molecule has 1 rings (SSSR count). The van der Waals surface area contributed by atoms with Gasteiger partial charge in [0.25, 0.3) is 0 Å². The summed E-state index contributed by atoms with van der Waals surface area (Å²) in [6.07, 6.45) is 0. The summed E-state index contributed by atoms with van der Waals surface area (Å²) < 4.78 is 1.40. The van der Waals surface area contributed by atoms with Crippen molar-refractivity contribution in [2.45, 2.75) is 13.0 Å². The van der Waals surface area contributed by atoms with Crippen LogP contribution in [0.5, 0.6) is 0 Å². The number of thiophene rings is 1. The van der Waals surface area contributed by atoms with Crippen LogP contribution in [0.1, 0.15) is 17.8 Å². The van der Waals surface area contributed by atoms with Gasteiger partial charge in [0.05, 0.1) is 0 Å². The molecule has 0 aliphatic carbocycles. The fourth-order valence-corrected chi connectivity index (χ4v) is 3.17. The summed E-state index contributed by atoms with van der Waals surface area (Å²) >= 11 is 3.22. The summed E-state index contributed by atoms with van der Waals surface area (Å²) in [4.78, 5) is 1.34. The van der Waals surface area contributed by atoms with E-state index in [-0.39, 0.29) is 6.04 Å². The summed E-state index contributed by atoms with van der Waals surface area (Å²) in [5.41, 5.74) is 5.68. The Balaban J connectivity index is 2.94. The van der Waals surface area contributed by atoms with E-state index in [2.05, 4.69) is 11.4 Å². The molecule has 0 radical (unpaired) electrons. The third-order valence-corrected chi connectivity index (χ3v) is 3.99. The van der Waals surface area contributed by atoms with E-state index in [0.717, 1.165) is 0 Å². The molecule has 1 atom stereocenters. The van der Waals surface area contributed by atoms with Crippen LogP contribution < -0.4 is 9.31 Å². The van der Waals surface area contributed by atoms with Crippen LogP contribution in [0.25, 0.3) is 0 Å². The SMILES string of the molecule is CC(N)c1scc[c]1[Sn+3]. The minimum absolute atomic E-state index is 0.222. The Hall–Kier alpha value is 0.459. The van der Waals surface area contributed by atoms with E-state index in [1.54, 1.807) is 11.3 Å². The van der Waals surface area contributed by atoms with E-state index < -0.39 is 0 Å². The van der Waals surface area contributed by atoms with E-state index in [1.165, 1.54) is 31.0 Å². The van der Waals surface area contributed by atoms with Gasteiger partial charge in [0.1, 0.15) is 0 Å². The predicted octanol–water partition coefficient (Wildman–Crippen LogP) is 0.562. The van der Waals surface area contributed by atoms with Crippen molar-refractivity contribution in [1.29, 1.82) is 0 Å². The molecule has 1 aromatic rings. The average Bonchev–Trinajstić information content (AvgIpc) is 2.13. The molecule has 1 nitrogen and oxygen atoms in total. The van der Waals surface area contributed by atoms with Gasteiger partial charge in [0.15, 0.2) is 0 Å². The summed E-state index contributed by atoms with van der Waals surface area (Å²) in [6.45, 7) is 2.03. The number of hydrogen-bond acceptors (Lipinski definition) is 2. The van der Waals surface area contributed by atoms with E-state index in [1.807, 2.05) is 6.92 Å². The van der Waals surface area contributed by atoms with Gasteiger partial charge in [-0.25, -0.2) is 0 Å². The number of nitrogens with two attached hydrogens (primary N) is 1. The quantitative estimate of drug-likeness (QED) is 0.719. The molecule has 0 saturated carbocycles. The molecule has 1 unspecified atom stereocenters. The van der Waals surface area contributed by atoms with Crippen molar-refractivity contribution in [2.24, 2.45) is 5.73 Å². The van der Waals surface area contributed by atoms with E-state index in [4.69, 9.17) is 5.73 Å². The number of rotatable bonds is 1. The monoisotopic (exact) mass is 246 g/mol. The second-order valence-electron chi connectivity index (χ2n) is 1.99. The first-order chi connectivity index (χ1) is 4.22. The zero-order valence-corrected chi connectivity index (χ0v) is 8.89. The van der Waals surface area contributed by atoms with Crippen LogP contribution in [-0.4, -0.2) is 22.5 Å². The van der Waals surface area contributed by atoms with Gasteiger partial charge in [-0.05, 0) is 0 Å². The van der Waals surface area contributed by atoms with Crippen molar-refractivity contribution in [2.75, 3.05) is 0 Å². The third kappa shape index (κ3) is 1.69. The summed E-state index contributed by atoms with van der Waals surface area (Å²) in [5, 5.41) is 2.10. The molecule has 2 N–H and O–H groups in total. The molecule has 0 aliphatic rings. The first kappa shape index (κ1) is 7.56. The molecule has 9 heavy (non-hydrogen) atoms. The van der Waals surface area contributed by atoms with Crippen molar-refractivity contribution in [3.63, 3.8) is 0 Å². The van der Waals surface area contributed by atoms with Crippen LogP contribution >= 0.6 is 11.3 Å². The first-order valence-corrected chi connectivity index (χ1v) is 5.07. The molecule has 0 aromatic carbocycles. The van der Waals surface area contributed by atoms with E-state index in [0.29, 0.717) is 0 Å². The van der Waals surface area contributed by atoms with Crippen molar-refractivity contribution in [3.8, 4) is 0 Å². The average molecular weight is 245 g/mol. The van der Waals surface area contributed by atoms with Gasteiger partial charge in [0, 0.05) is 0 Å². The normalized spacial score (nSPS) is 13.8. The van der Waals surface area contributed by atoms with Crippen LogP contribution in [0, 0.1) is 0 Å². The molecule has 3 heteroatoms. The Bertz CT molecular complexity index is 195. The van der Waals surface area contributed by atoms with Gasteiger partial charge in [-0.15, -0.1) is 0 Å². The Morgan fingerprint density at radius 2 is 2.44 bits per heavy atom. The molecule has 0 spiro atoms. The van der Waals surface area contributed by atoms with Gasteiger partial charge in [-0.2, -0.15) is 0 Å². The summed E-state index contributed by atoms with van der Waals surface area (Å²) in [5.74, 6) is 0. The molecular formula is C6H8NSSn+3. The first-order valence-electron chi connectivity index (χ1n) is 2.76. The van der Waals surface area contributed by atoms with Crippen molar-refractivity contribution < 1.29 is 0 Å². The van der Waals surface area contributed by atoms with Crippen LogP contribution in [0.2, 0.25) is 0 Å². The van der Waals surface area contributed by atoms with Gasteiger partial charge < -0.3 is 0 Å². The maximum absolute atomic E-state index is 5.68. The standard InChI is InChI=1S/C6H8NS.Sn/c1-5(7)6-3-2-4-8-6;/h2,4-5H,7H2,1H3;/q;+3. The van der Waals surface area contributed by atoms with Crippen LogP contribution in [0.3, 0.4) is 0 Å². The van der Waals surface area contributed by atoms with Gasteiger partial charge in [-0.1, -0.05) is 0 Å². The molecule has 44 valence electrons. The van der Waals surface area contributed by atoms with Gasteiger partial charge >= 0.3 is 72.5 Å². The fraction of sp³-hybridized carbons (Fsp3) is 0.333. The summed E-state index contributed by atoms with van der Waals surface area (Å²) in [7, 11) is 0. The molecule has 0 saturated heterocycles. The molecule has 0 aliphatic heterocycles. The van der Waals surface area contributed by atoms with Gasteiger partial charge in [0.2, 0.25) is 0 Å². The number of hydrogen-bond donors (Lipinski definition) is 1. The zero-order valence-electron chi connectivity index (χ0n) is 5.22. The van der Waals surface area contributed by atoms with Crippen molar-refractivity contribution in [3.05, 3.63) is 16.3 Å². The van der Waals surface area contributed by atoms with E-state index in [9.17, 15) is 0 Å². The Morgan fingerprint density at radius 1 is 1.78 bits per heavy atom. The van der Waals surface area contributed by atoms with Crippen molar-refractivity contribution >= 4 is 37.4 Å². The van der Waals surface area contributed by atoms with Crippen LogP contribution in [0.4, 0.5) is 0 Å². The Morgan fingerprint density at radius 3 is 2.67 bits per heavy atom. The molecule has 0 bridgehead atoms. The second kappa shape index (κ2) is 3.03. The zero-order chi connectivity index (χ0) is 6.85.